The maximum atomic E-state index is 11.4. The van der Waals surface area contributed by atoms with Gasteiger partial charge in [-0.05, 0) is 37.0 Å². The highest BCUT2D eigenvalue weighted by Gasteiger charge is 2.29. The van der Waals surface area contributed by atoms with Gasteiger partial charge in [-0.2, -0.15) is 0 Å². The molecule has 1 aliphatic carbocycles. The Morgan fingerprint density at radius 1 is 1.29 bits per heavy atom. The molecule has 0 bridgehead atoms. The third-order valence-electron chi connectivity index (χ3n) is 2.73. The van der Waals surface area contributed by atoms with Crippen molar-refractivity contribution >= 4 is 23.2 Å². The van der Waals surface area contributed by atoms with Gasteiger partial charge in [-0.15, -0.1) is 0 Å². The quantitative estimate of drug-likeness (QED) is 0.796. The van der Waals surface area contributed by atoms with Crippen LogP contribution in [0.25, 0.3) is 0 Å². The molecule has 17 heavy (non-hydrogen) atoms. The zero-order valence-electron chi connectivity index (χ0n) is 9.61. The fourth-order valence-electron chi connectivity index (χ4n) is 1.57. The summed E-state index contributed by atoms with van der Waals surface area (Å²) in [5.74, 6) is 0.256. The topological polar surface area (TPSA) is 41.1 Å². The molecule has 0 radical (unpaired) electrons. The van der Waals surface area contributed by atoms with Crippen LogP contribution in [-0.2, 0) is 11.2 Å². The van der Waals surface area contributed by atoms with Crippen LogP contribution in [0.4, 0.5) is 0 Å². The molecule has 0 saturated heterocycles. The molecule has 1 aromatic rings. The monoisotopic (exact) mass is 248 g/mol. The summed E-state index contributed by atoms with van der Waals surface area (Å²) in [6.45, 7) is 0.744. The van der Waals surface area contributed by atoms with E-state index >= 15 is 0 Å². The first-order valence-corrected chi connectivity index (χ1v) is 6.29. The Morgan fingerprint density at radius 3 is 2.65 bits per heavy atom. The first kappa shape index (κ1) is 12.0. The van der Waals surface area contributed by atoms with Crippen molar-refractivity contribution in [2.75, 3.05) is 6.54 Å². The molecule has 1 aromatic carbocycles. The minimum atomic E-state index is 0.0576. The van der Waals surface area contributed by atoms with Crippen molar-refractivity contribution in [2.24, 2.45) is 5.92 Å². The molecule has 0 unspecified atom stereocenters. The molecule has 0 aromatic heterocycles. The molecular formula is C13H16N2OS. The SMILES string of the molecule is O=C(NC(=S)NCCc1ccccc1)C1CC1. The second kappa shape index (κ2) is 5.77. The summed E-state index contributed by atoms with van der Waals surface area (Å²) < 4.78 is 0. The van der Waals surface area contributed by atoms with Crippen molar-refractivity contribution in [3.63, 3.8) is 0 Å². The van der Waals surface area contributed by atoms with E-state index in [2.05, 4.69) is 22.8 Å². The summed E-state index contributed by atoms with van der Waals surface area (Å²) in [6, 6.07) is 10.2. The minimum absolute atomic E-state index is 0.0576. The third-order valence-corrected chi connectivity index (χ3v) is 2.97. The van der Waals surface area contributed by atoms with Crippen LogP contribution in [0.1, 0.15) is 18.4 Å². The van der Waals surface area contributed by atoms with Crippen LogP contribution in [0.5, 0.6) is 0 Å². The van der Waals surface area contributed by atoms with Crippen molar-refractivity contribution in [3.8, 4) is 0 Å². The van der Waals surface area contributed by atoms with Crippen LogP contribution >= 0.6 is 12.2 Å². The van der Waals surface area contributed by atoms with E-state index in [9.17, 15) is 4.79 Å². The molecule has 2 N–H and O–H groups in total. The third kappa shape index (κ3) is 4.15. The molecule has 0 atom stereocenters. The van der Waals surface area contributed by atoms with Gasteiger partial charge in [0, 0.05) is 12.5 Å². The predicted octanol–water partition coefficient (Wildman–Crippen LogP) is 1.63. The number of carbonyl (C=O) groups is 1. The van der Waals surface area contributed by atoms with Crippen LogP contribution < -0.4 is 10.6 Å². The van der Waals surface area contributed by atoms with E-state index in [0.717, 1.165) is 25.8 Å². The van der Waals surface area contributed by atoms with Crippen LogP contribution in [0.2, 0.25) is 0 Å². The van der Waals surface area contributed by atoms with Crippen molar-refractivity contribution in [1.29, 1.82) is 0 Å². The summed E-state index contributed by atoms with van der Waals surface area (Å²) in [6.07, 6.45) is 2.90. The number of amides is 1. The van der Waals surface area contributed by atoms with Gasteiger partial charge in [0.05, 0.1) is 0 Å². The Hall–Kier alpha value is -1.42. The van der Waals surface area contributed by atoms with Gasteiger partial charge in [-0.1, -0.05) is 30.3 Å². The predicted molar refractivity (Wildman–Crippen MR) is 71.6 cm³/mol. The van der Waals surface area contributed by atoms with Gasteiger partial charge in [0.2, 0.25) is 5.91 Å². The average molecular weight is 248 g/mol. The lowest BCUT2D eigenvalue weighted by Gasteiger charge is -2.08. The molecule has 0 spiro atoms. The molecule has 2 rings (SSSR count). The van der Waals surface area contributed by atoms with E-state index in [-0.39, 0.29) is 11.8 Å². The lowest BCUT2D eigenvalue weighted by atomic mass is 10.1. The number of benzene rings is 1. The fraction of sp³-hybridized carbons (Fsp3) is 0.385. The highest BCUT2D eigenvalue weighted by molar-refractivity contribution is 7.80. The van der Waals surface area contributed by atoms with E-state index < -0.39 is 0 Å². The zero-order valence-corrected chi connectivity index (χ0v) is 10.4. The van der Waals surface area contributed by atoms with E-state index in [1.165, 1.54) is 5.56 Å². The van der Waals surface area contributed by atoms with Crippen LogP contribution in [0.3, 0.4) is 0 Å². The smallest absolute Gasteiger partial charge is 0.229 e. The van der Waals surface area contributed by atoms with Gasteiger partial charge in [0.1, 0.15) is 0 Å². The molecular weight excluding hydrogens is 232 g/mol. The first-order valence-electron chi connectivity index (χ1n) is 5.88. The number of thiocarbonyl (C=S) groups is 1. The maximum Gasteiger partial charge on any atom is 0.229 e. The Morgan fingerprint density at radius 2 is 2.00 bits per heavy atom. The van der Waals surface area contributed by atoms with Gasteiger partial charge >= 0.3 is 0 Å². The highest BCUT2D eigenvalue weighted by Crippen LogP contribution is 2.28. The molecule has 3 nitrogen and oxygen atoms in total. The Balaban J connectivity index is 1.64. The Kier molecular flexibility index (Phi) is 4.09. The second-order valence-corrected chi connectivity index (χ2v) is 4.66. The second-order valence-electron chi connectivity index (χ2n) is 4.26. The summed E-state index contributed by atoms with van der Waals surface area (Å²) in [7, 11) is 0. The largest absolute Gasteiger partial charge is 0.362 e. The number of carbonyl (C=O) groups excluding carboxylic acids is 1. The van der Waals surface area contributed by atoms with Crippen molar-refractivity contribution in [2.45, 2.75) is 19.3 Å². The van der Waals surface area contributed by atoms with E-state index in [1.807, 2.05) is 18.2 Å². The summed E-state index contributed by atoms with van der Waals surface area (Å²) >= 11 is 5.05. The summed E-state index contributed by atoms with van der Waals surface area (Å²) in [4.78, 5) is 11.4. The zero-order chi connectivity index (χ0) is 12.1. The van der Waals surface area contributed by atoms with Gasteiger partial charge in [0.25, 0.3) is 0 Å². The lowest BCUT2D eigenvalue weighted by Crippen LogP contribution is -2.40. The molecule has 4 heteroatoms. The van der Waals surface area contributed by atoms with Crippen molar-refractivity contribution in [1.82, 2.24) is 10.6 Å². The Labute approximate surface area is 107 Å². The van der Waals surface area contributed by atoms with Crippen molar-refractivity contribution < 1.29 is 4.79 Å². The van der Waals surface area contributed by atoms with E-state index in [4.69, 9.17) is 12.2 Å². The lowest BCUT2D eigenvalue weighted by molar-refractivity contribution is -0.120. The average Bonchev–Trinajstić information content (AvgIpc) is 3.14. The minimum Gasteiger partial charge on any atom is -0.362 e. The number of hydrogen-bond donors (Lipinski definition) is 2. The van der Waals surface area contributed by atoms with Gasteiger partial charge in [-0.25, -0.2) is 0 Å². The van der Waals surface area contributed by atoms with Crippen LogP contribution in [-0.4, -0.2) is 17.6 Å². The number of rotatable bonds is 4. The molecule has 1 fully saturated rings. The molecule has 90 valence electrons. The summed E-state index contributed by atoms with van der Waals surface area (Å²) in [5.41, 5.74) is 1.26. The van der Waals surface area contributed by atoms with Crippen LogP contribution in [0, 0.1) is 5.92 Å². The normalized spacial score (nSPS) is 14.1. The molecule has 0 heterocycles. The standard InChI is InChI=1S/C13H16N2OS/c16-12(11-6-7-11)15-13(17)14-9-8-10-4-2-1-3-5-10/h1-5,11H,6-9H2,(H2,14,15,16,17). The van der Waals surface area contributed by atoms with Gasteiger partial charge in [-0.3, -0.25) is 4.79 Å². The molecule has 0 aliphatic heterocycles. The van der Waals surface area contributed by atoms with Crippen molar-refractivity contribution in [3.05, 3.63) is 35.9 Å². The fourth-order valence-corrected chi connectivity index (χ4v) is 1.77. The van der Waals surface area contributed by atoms with Gasteiger partial charge < -0.3 is 10.6 Å². The highest BCUT2D eigenvalue weighted by atomic mass is 32.1. The molecule has 1 saturated carbocycles. The molecule has 1 aliphatic rings. The van der Waals surface area contributed by atoms with Gasteiger partial charge in [0.15, 0.2) is 5.11 Å². The van der Waals surface area contributed by atoms with Crippen LogP contribution in [0.15, 0.2) is 30.3 Å². The number of hydrogen-bond acceptors (Lipinski definition) is 2. The Bertz CT molecular complexity index is 401. The molecule has 1 amide bonds. The van der Waals surface area contributed by atoms with E-state index in [0.29, 0.717) is 5.11 Å². The number of nitrogens with one attached hydrogen (secondary N) is 2. The summed E-state index contributed by atoms with van der Waals surface area (Å²) in [5, 5.41) is 6.20. The van der Waals surface area contributed by atoms with E-state index in [1.54, 1.807) is 0 Å². The first-order chi connectivity index (χ1) is 8.25. The maximum absolute atomic E-state index is 11.4.